The highest BCUT2D eigenvalue weighted by Gasteiger charge is 2.30. The second-order valence-corrected chi connectivity index (χ2v) is 7.17. The van der Waals surface area contributed by atoms with E-state index in [0.29, 0.717) is 5.91 Å². The Bertz CT molecular complexity index is 514. The van der Waals surface area contributed by atoms with Crippen LogP contribution < -0.4 is 0 Å². The van der Waals surface area contributed by atoms with Gasteiger partial charge in [-0.1, -0.05) is 38.5 Å². The van der Waals surface area contributed by atoms with Crippen molar-refractivity contribution in [3.8, 4) is 0 Å². The highest BCUT2D eigenvalue weighted by molar-refractivity contribution is 5.84. The van der Waals surface area contributed by atoms with E-state index in [9.17, 15) is 4.79 Å². The van der Waals surface area contributed by atoms with Gasteiger partial charge in [-0.05, 0) is 49.3 Å². The van der Waals surface area contributed by atoms with Crippen molar-refractivity contribution in [1.82, 2.24) is 9.88 Å². The third-order valence-electron chi connectivity index (χ3n) is 5.47. The number of amides is 1. The van der Waals surface area contributed by atoms with Crippen LogP contribution in [0, 0.1) is 0 Å². The van der Waals surface area contributed by atoms with E-state index < -0.39 is 0 Å². The van der Waals surface area contributed by atoms with E-state index in [4.69, 9.17) is 0 Å². The molecule has 3 heteroatoms. The van der Waals surface area contributed by atoms with E-state index in [1.165, 1.54) is 62.5 Å². The topological polar surface area (TPSA) is 33.2 Å². The van der Waals surface area contributed by atoms with Gasteiger partial charge in [0.05, 0.1) is 5.92 Å². The molecular weight excluding hydrogens is 284 g/mol. The van der Waals surface area contributed by atoms with Gasteiger partial charge in [0.25, 0.3) is 0 Å². The Balaban J connectivity index is 1.79. The normalized spacial score (nSPS) is 24.4. The highest BCUT2D eigenvalue weighted by atomic mass is 16.2. The van der Waals surface area contributed by atoms with Gasteiger partial charge in [-0.25, -0.2) is 0 Å². The van der Waals surface area contributed by atoms with Crippen molar-refractivity contribution in [2.75, 3.05) is 13.1 Å². The first-order valence-electron chi connectivity index (χ1n) is 9.58. The first-order valence-corrected chi connectivity index (χ1v) is 9.58. The van der Waals surface area contributed by atoms with Crippen LogP contribution >= 0.6 is 0 Å². The molecule has 1 saturated heterocycles. The van der Waals surface area contributed by atoms with Gasteiger partial charge in [-0.3, -0.25) is 9.78 Å². The summed E-state index contributed by atoms with van der Waals surface area (Å²) >= 11 is 0. The van der Waals surface area contributed by atoms with E-state index in [1.54, 1.807) is 0 Å². The lowest BCUT2D eigenvalue weighted by Gasteiger charge is -2.33. The summed E-state index contributed by atoms with van der Waals surface area (Å²) in [7, 11) is 0. The number of aromatic nitrogens is 1. The van der Waals surface area contributed by atoms with Crippen molar-refractivity contribution < 1.29 is 4.79 Å². The minimum atomic E-state index is 0.0758. The Morgan fingerprint density at radius 3 is 2.43 bits per heavy atom. The SMILES string of the molecule is O=C1C2CCCN1CCCCCCCCCCc1cnccc12. The third-order valence-corrected chi connectivity index (χ3v) is 5.47. The number of carbonyl (C=O) groups is 1. The van der Waals surface area contributed by atoms with Crippen molar-refractivity contribution in [1.29, 1.82) is 0 Å². The van der Waals surface area contributed by atoms with Crippen molar-refractivity contribution in [2.45, 2.75) is 76.5 Å². The molecule has 1 atom stereocenters. The molecule has 2 bridgehead atoms. The molecule has 3 rings (SSSR count). The molecule has 0 saturated carbocycles. The van der Waals surface area contributed by atoms with Gasteiger partial charge in [0, 0.05) is 25.5 Å². The molecular formula is C20H30N2O. The van der Waals surface area contributed by atoms with Crippen LogP contribution in [0.2, 0.25) is 0 Å². The molecule has 1 aromatic heterocycles. The molecule has 0 radical (unpaired) electrons. The summed E-state index contributed by atoms with van der Waals surface area (Å²) in [5.41, 5.74) is 2.56. The summed E-state index contributed by atoms with van der Waals surface area (Å²) in [6.45, 7) is 1.91. The molecule has 0 spiro atoms. The minimum Gasteiger partial charge on any atom is -0.342 e. The van der Waals surface area contributed by atoms with Gasteiger partial charge < -0.3 is 4.90 Å². The van der Waals surface area contributed by atoms with E-state index in [0.717, 1.165) is 32.4 Å². The van der Waals surface area contributed by atoms with Crippen molar-refractivity contribution in [3.05, 3.63) is 29.6 Å². The maximum atomic E-state index is 12.9. The number of fused-ring (bicyclic) bond motifs is 4. The number of rotatable bonds is 0. The van der Waals surface area contributed by atoms with Gasteiger partial charge in [0.1, 0.15) is 0 Å². The lowest BCUT2D eigenvalue weighted by atomic mass is 9.86. The Labute approximate surface area is 140 Å². The van der Waals surface area contributed by atoms with Crippen LogP contribution in [0.15, 0.2) is 18.5 Å². The zero-order valence-electron chi connectivity index (χ0n) is 14.3. The molecule has 2 aliphatic heterocycles. The summed E-state index contributed by atoms with van der Waals surface area (Å²) in [6, 6.07) is 2.10. The summed E-state index contributed by atoms with van der Waals surface area (Å²) in [6.07, 6.45) is 17.5. The molecule has 23 heavy (non-hydrogen) atoms. The van der Waals surface area contributed by atoms with Crippen molar-refractivity contribution >= 4 is 5.91 Å². The minimum absolute atomic E-state index is 0.0758. The molecule has 1 amide bonds. The van der Waals surface area contributed by atoms with E-state index in [2.05, 4.69) is 16.0 Å². The van der Waals surface area contributed by atoms with Crippen LogP contribution in [0.1, 0.15) is 81.3 Å². The predicted molar refractivity (Wildman–Crippen MR) is 93.4 cm³/mol. The average Bonchev–Trinajstić information content (AvgIpc) is 2.58. The number of pyridine rings is 1. The summed E-state index contributed by atoms with van der Waals surface area (Å²) in [5.74, 6) is 0.436. The molecule has 2 aliphatic rings. The molecule has 0 aliphatic carbocycles. The van der Waals surface area contributed by atoms with Gasteiger partial charge in [-0.15, -0.1) is 0 Å². The summed E-state index contributed by atoms with van der Waals surface area (Å²) < 4.78 is 0. The van der Waals surface area contributed by atoms with E-state index in [1.807, 2.05) is 12.4 Å². The maximum absolute atomic E-state index is 12.9. The molecule has 3 heterocycles. The summed E-state index contributed by atoms with van der Waals surface area (Å²) in [5, 5.41) is 0. The van der Waals surface area contributed by atoms with Crippen LogP contribution in [-0.4, -0.2) is 28.9 Å². The number of hydrogen-bond donors (Lipinski definition) is 0. The lowest BCUT2D eigenvalue weighted by Crippen LogP contribution is -2.40. The average molecular weight is 314 g/mol. The summed E-state index contributed by atoms with van der Waals surface area (Å²) in [4.78, 5) is 19.4. The quantitative estimate of drug-likeness (QED) is 0.708. The largest absolute Gasteiger partial charge is 0.342 e. The fourth-order valence-electron chi connectivity index (χ4n) is 4.12. The number of hydrogen-bond acceptors (Lipinski definition) is 2. The van der Waals surface area contributed by atoms with Crippen LogP contribution in [0.5, 0.6) is 0 Å². The van der Waals surface area contributed by atoms with E-state index >= 15 is 0 Å². The fraction of sp³-hybridized carbons (Fsp3) is 0.700. The zero-order chi connectivity index (χ0) is 15.9. The Morgan fingerprint density at radius 2 is 1.61 bits per heavy atom. The van der Waals surface area contributed by atoms with Crippen molar-refractivity contribution in [3.63, 3.8) is 0 Å². The lowest BCUT2D eigenvalue weighted by molar-refractivity contribution is -0.135. The molecule has 0 aromatic carbocycles. The van der Waals surface area contributed by atoms with Gasteiger partial charge >= 0.3 is 0 Å². The predicted octanol–water partition coefficient (Wildman–Crippen LogP) is 4.46. The number of nitrogens with zero attached hydrogens (tertiary/aromatic N) is 2. The van der Waals surface area contributed by atoms with Crippen LogP contribution in [0.25, 0.3) is 0 Å². The molecule has 1 aromatic rings. The zero-order valence-corrected chi connectivity index (χ0v) is 14.3. The smallest absolute Gasteiger partial charge is 0.230 e. The van der Waals surface area contributed by atoms with Crippen LogP contribution in [0.4, 0.5) is 0 Å². The Kier molecular flexibility index (Phi) is 6.06. The molecule has 0 N–H and O–H groups in total. The molecule has 126 valence electrons. The maximum Gasteiger partial charge on any atom is 0.230 e. The first-order chi connectivity index (χ1) is 11.4. The standard InChI is InChI=1S/C20H30N2O/c23-20-19-11-9-15-22(20)14-8-6-4-2-1-3-5-7-10-17-16-21-13-12-18(17)19/h12-13,16,19H,1-11,14-15H2. The van der Waals surface area contributed by atoms with Crippen LogP contribution in [0.3, 0.4) is 0 Å². The second kappa shape index (κ2) is 8.47. The van der Waals surface area contributed by atoms with Gasteiger partial charge in [0.15, 0.2) is 0 Å². The third kappa shape index (κ3) is 4.33. The first kappa shape index (κ1) is 16.5. The fourth-order valence-corrected chi connectivity index (χ4v) is 4.12. The second-order valence-electron chi connectivity index (χ2n) is 7.17. The molecule has 1 unspecified atom stereocenters. The van der Waals surface area contributed by atoms with Gasteiger partial charge in [-0.2, -0.15) is 0 Å². The van der Waals surface area contributed by atoms with Crippen LogP contribution in [-0.2, 0) is 11.2 Å². The highest BCUT2D eigenvalue weighted by Crippen LogP contribution is 2.31. The molecule has 1 fully saturated rings. The number of carbonyl (C=O) groups excluding carboxylic acids is 1. The number of aryl methyl sites for hydroxylation is 1. The Morgan fingerprint density at radius 1 is 0.913 bits per heavy atom. The Hall–Kier alpha value is -1.38. The van der Waals surface area contributed by atoms with Gasteiger partial charge in [0.2, 0.25) is 5.91 Å². The van der Waals surface area contributed by atoms with Crippen molar-refractivity contribution in [2.24, 2.45) is 0 Å². The molecule has 3 nitrogen and oxygen atoms in total. The monoisotopic (exact) mass is 314 g/mol. The van der Waals surface area contributed by atoms with E-state index in [-0.39, 0.29) is 5.92 Å². The number of piperidine rings is 1.